The summed E-state index contributed by atoms with van der Waals surface area (Å²) in [6.45, 7) is 1.33. The van der Waals surface area contributed by atoms with Crippen LogP contribution in [0.25, 0.3) is 0 Å². The highest BCUT2D eigenvalue weighted by Crippen LogP contribution is 2.25. The Balaban J connectivity index is 2.84. The molecule has 19 heavy (non-hydrogen) atoms. The summed E-state index contributed by atoms with van der Waals surface area (Å²) in [5.41, 5.74) is 0.149. The van der Waals surface area contributed by atoms with E-state index >= 15 is 0 Å². The van der Waals surface area contributed by atoms with Crippen LogP contribution in [0.15, 0.2) is 24.3 Å². The molecule has 1 N–H and O–H groups in total. The van der Waals surface area contributed by atoms with E-state index in [0.29, 0.717) is 5.75 Å². The van der Waals surface area contributed by atoms with Crippen molar-refractivity contribution < 1.29 is 27.4 Å². The number of methoxy groups -OCH3 is 1. The molecule has 106 valence electrons. The topological polar surface area (TPSA) is 47.6 Å². The fraction of sp³-hybridized carbons (Fsp3) is 0.417. The predicted octanol–water partition coefficient (Wildman–Crippen LogP) is 2.60. The lowest BCUT2D eigenvalue weighted by Crippen LogP contribution is -2.44. The van der Waals surface area contributed by atoms with Gasteiger partial charge in [-0.1, -0.05) is 0 Å². The number of hydrogen-bond acceptors (Lipinski definition) is 4. The van der Waals surface area contributed by atoms with Gasteiger partial charge in [-0.2, -0.15) is 13.2 Å². The molecule has 1 atom stereocenters. The summed E-state index contributed by atoms with van der Waals surface area (Å²) >= 11 is 0. The van der Waals surface area contributed by atoms with Crippen molar-refractivity contribution >= 4 is 11.7 Å². The molecule has 0 heterocycles. The van der Waals surface area contributed by atoms with Gasteiger partial charge >= 0.3 is 12.1 Å². The van der Waals surface area contributed by atoms with Crippen LogP contribution in [-0.4, -0.2) is 31.9 Å². The Morgan fingerprint density at radius 2 is 1.89 bits per heavy atom. The van der Waals surface area contributed by atoms with Crippen LogP contribution in [0.1, 0.15) is 6.92 Å². The van der Waals surface area contributed by atoms with Gasteiger partial charge in [0.05, 0.1) is 13.7 Å². The third-order valence-electron chi connectivity index (χ3n) is 2.25. The van der Waals surface area contributed by atoms with E-state index in [2.05, 4.69) is 10.1 Å². The Bertz CT molecular complexity index is 417. The standard InChI is InChI=1S/C12H14F3NO3/c1-3-19-11(17)10(12(13,14)15)16-8-4-6-9(18-2)7-5-8/h4-7,10,16H,3H2,1-2H3/t10-/m0/s1. The maximum Gasteiger partial charge on any atom is 0.419 e. The third kappa shape index (κ3) is 4.35. The number of nitrogens with one attached hydrogen (secondary N) is 1. The molecule has 0 bridgehead atoms. The van der Waals surface area contributed by atoms with E-state index in [0.717, 1.165) is 0 Å². The highest BCUT2D eigenvalue weighted by molar-refractivity contribution is 5.80. The summed E-state index contributed by atoms with van der Waals surface area (Å²) in [4.78, 5) is 11.3. The Labute approximate surface area is 108 Å². The summed E-state index contributed by atoms with van der Waals surface area (Å²) in [5, 5.41) is 2.10. The van der Waals surface area contributed by atoms with Gasteiger partial charge in [0.15, 0.2) is 0 Å². The lowest BCUT2D eigenvalue weighted by Gasteiger charge is -2.20. The Morgan fingerprint density at radius 3 is 2.32 bits per heavy atom. The summed E-state index contributed by atoms with van der Waals surface area (Å²) in [6.07, 6.45) is -4.73. The Hall–Kier alpha value is -1.92. The molecule has 0 radical (unpaired) electrons. The van der Waals surface area contributed by atoms with Crippen LogP contribution in [0, 0.1) is 0 Å². The smallest absolute Gasteiger partial charge is 0.419 e. The molecule has 0 aliphatic carbocycles. The molecule has 0 saturated carbocycles. The number of alkyl halides is 3. The van der Waals surface area contributed by atoms with Crippen molar-refractivity contribution in [1.29, 1.82) is 0 Å². The Morgan fingerprint density at radius 1 is 1.32 bits per heavy atom. The highest BCUT2D eigenvalue weighted by atomic mass is 19.4. The Kier molecular flexibility index (Phi) is 5.02. The number of halogens is 3. The zero-order valence-electron chi connectivity index (χ0n) is 10.5. The first kappa shape index (κ1) is 15.1. The number of ether oxygens (including phenoxy) is 2. The zero-order valence-corrected chi connectivity index (χ0v) is 10.5. The van der Waals surface area contributed by atoms with Crippen molar-refractivity contribution in [1.82, 2.24) is 0 Å². The average molecular weight is 277 g/mol. The van der Waals surface area contributed by atoms with Crippen LogP contribution in [0.3, 0.4) is 0 Å². The summed E-state index contributed by atoms with van der Waals surface area (Å²) in [5.74, 6) is -0.851. The largest absolute Gasteiger partial charge is 0.497 e. The van der Waals surface area contributed by atoms with E-state index in [1.54, 1.807) is 0 Å². The van der Waals surface area contributed by atoms with Gasteiger partial charge in [0.1, 0.15) is 5.75 Å². The molecule has 1 aromatic rings. The van der Waals surface area contributed by atoms with Crippen molar-refractivity contribution in [2.24, 2.45) is 0 Å². The molecular formula is C12H14F3NO3. The van der Waals surface area contributed by atoms with Crippen molar-refractivity contribution in [3.63, 3.8) is 0 Å². The third-order valence-corrected chi connectivity index (χ3v) is 2.25. The fourth-order valence-electron chi connectivity index (χ4n) is 1.35. The molecule has 4 nitrogen and oxygen atoms in total. The number of carbonyl (C=O) groups is 1. The molecule has 0 aliphatic rings. The van der Waals surface area contributed by atoms with Gasteiger partial charge in [-0.25, -0.2) is 4.79 Å². The normalized spacial score (nSPS) is 12.7. The average Bonchev–Trinajstić information content (AvgIpc) is 2.35. The minimum absolute atomic E-state index is 0.115. The lowest BCUT2D eigenvalue weighted by molar-refractivity contribution is -0.175. The van der Waals surface area contributed by atoms with Crippen LogP contribution < -0.4 is 10.1 Å². The van der Waals surface area contributed by atoms with Gasteiger partial charge < -0.3 is 14.8 Å². The van der Waals surface area contributed by atoms with E-state index < -0.39 is 18.2 Å². The second kappa shape index (κ2) is 6.31. The fourth-order valence-corrected chi connectivity index (χ4v) is 1.35. The molecule has 0 fully saturated rings. The van der Waals surface area contributed by atoms with E-state index in [4.69, 9.17) is 4.74 Å². The van der Waals surface area contributed by atoms with Crippen molar-refractivity contribution in [3.8, 4) is 5.75 Å². The quantitative estimate of drug-likeness (QED) is 0.840. The molecule has 0 amide bonds. The van der Waals surface area contributed by atoms with Gasteiger partial charge in [-0.05, 0) is 31.2 Å². The molecule has 0 aliphatic heterocycles. The molecular weight excluding hydrogens is 263 g/mol. The number of carbonyl (C=O) groups excluding carboxylic acids is 1. The second-order valence-electron chi connectivity index (χ2n) is 3.60. The SMILES string of the molecule is CCOC(=O)[C@H](Nc1ccc(OC)cc1)C(F)(F)F. The first-order chi connectivity index (χ1) is 8.88. The van der Waals surface area contributed by atoms with Crippen molar-refractivity contribution in [3.05, 3.63) is 24.3 Å². The van der Waals surface area contributed by atoms with Crippen LogP contribution in [0.2, 0.25) is 0 Å². The van der Waals surface area contributed by atoms with E-state index in [9.17, 15) is 18.0 Å². The number of benzene rings is 1. The second-order valence-corrected chi connectivity index (χ2v) is 3.60. The molecule has 0 aromatic heterocycles. The maximum absolute atomic E-state index is 12.7. The summed E-state index contributed by atoms with van der Waals surface area (Å²) in [7, 11) is 1.44. The molecule has 1 aromatic carbocycles. The van der Waals surface area contributed by atoms with Gasteiger partial charge in [0, 0.05) is 5.69 Å². The first-order valence-electron chi connectivity index (χ1n) is 5.52. The predicted molar refractivity (Wildman–Crippen MR) is 63.1 cm³/mol. The summed E-state index contributed by atoms with van der Waals surface area (Å²) < 4.78 is 47.5. The molecule has 7 heteroatoms. The number of esters is 1. The molecule has 1 rings (SSSR count). The van der Waals surface area contributed by atoms with Crippen LogP contribution in [0.4, 0.5) is 18.9 Å². The van der Waals surface area contributed by atoms with Crippen LogP contribution in [0.5, 0.6) is 5.75 Å². The lowest BCUT2D eigenvalue weighted by atomic mass is 10.2. The van der Waals surface area contributed by atoms with Crippen LogP contribution >= 0.6 is 0 Å². The zero-order chi connectivity index (χ0) is 14.5. The summed E-state index contributed by atoms with van der Waals surface area (Å²) in [6, 6.07) is 3.36. The minimum atomic E-state index is -4.73. The van der Waals surface area contributed by atoms with Gasteiger partial charge in [-0.3, -0.25) is 0 Å². The van der Waals surface area contributed by atoms with Gasteiger partial charge in [0.2, 0.25) is 6.04 Å². The van der Waals surface area contributed by atoms with Crippen LogP contribution in [-0.2, 0) is 9.53 Å². The first-order valence-corrected chi connectivity index (χ1v) is 5.52. The van der Waals surface area contributed by atoms with Gasteiger partial charge in [-0.15, -0.1) is 0 Å². The number of rotatable bonds is 5. The highest BCUT2D eigenvalue weighted by Gasteiger charge is 2.46. The molecule has 0 saturated heterocycles. The monoisotopic (exact) mass is 277 g/mol. The molecule has 0 spiro atoms. The van der Waals surface area contributed by atoms with E-state index in [1.165, 1.54) is 38.3 Å². The van der Waals surface area contributed by atoms with E-state index in [1.807, 2.05) is 0 Å². The van der Waals surface area contributed by atoms with E-state index in [-0.39, 0.29) is 12.3 Å². The number of anilines is 1. The van der Waals surface area contributed by atoms with Gasteiger partial charge in [0.25, 0.3) is 0 Å². The minimum Gasteiger partial charge on any atom is -0.497 e. The molecule has 0 unspecified atom stereocenters. The van der Waals surface area contributed by atoms with Crippen molar-refractivity contribution in [2.75, 3.05) is 19.0 Å². The number of hydrogen-bond donors (Lipinski definition) is 1. The van der Waals surface area contributed by atoms with Crippen molar-refractivity contribution in [2.45, 2.75) is 19.1 Å². The maximum atomic E-state index is 12.7.